The van der Waals surface area contributed by atoms with Crippen LogP contribution in [0.25, 0.3) is 10.9 Å². The van der Waals surface area contributed by atoms with Gasteiger partial charge in [-0.05, 0) is 36.1 Å². The Balaban J connectivity index is 0.00000206. The second kappa shape index (κ2) is 6.78. The van der Waals surface area contributed by atoms with E-state index in [9.17, 15) is 5.11 Å². The summed E-state index contributed by atoms with van der Waals surface area (Å²) in [6.45, 7) is 5.84. The van der Waals surface area contributed by atoms with E-state index in [2.05, 4.69) is 53.4 Å². The van der Waals surface area contributed by atoms with E-state index in [4.69, 9.17) is 9.47 Å². The number of halogens is 1. The number of rotatable bonds is 3. The summed E-state index contributed by atoms with van der Waals surface area (Å²) < 4.78 is 15.8. The monoisotopic (exact) mass is 464 g/mol. The predicted molar refractivity (Wildman–Crippen MR) is 131 cm³/mol. The number of likely N-dealkylation sites (tertiary alicyclic amines) is 1. The van der Waals surface area contributed by atoms with Crippen LogP contribution in [0.1, 0.15) is 34.9 Å². The first kappa shape index (κ1) is 21.1. The average molecular weight is 465 g/mol. The van der Waals surface area contributed by atoms with E-state index in [0.29, 0.717) is 5.75 Å². The quantitative estimate of drug-likeness (QED) is 0.582. The molecule has 2 aliphatic carbocycles. The van der Waals surface area contributed by atoms with Crippen molar-refractivity contribution < 1.29 is 14.6 Å². The molecule has 172 valence electrons. The first-order valence-electron chi connectivity index (χ1n) is 11.6. The maximum absolute atomic E-state index is 10.9. The molecular formula is C27H29ClN2O3. The Labute approximate surface area is 200 Å². The molecule has 4 atom stereocenters. The third-order valence-corrected chi connectivity index (χ3v) is 8.97. The van der Waals surface area contributed by atoms with Gasteiger partial charge < -0.3 is 19.1 Å². The molecule has 1 N–H and O–H groups in total. The minimum Gasteiger partial charge on any atom is -0.504 e. The molecule has 0 unspecified atom stereocenters. The molecule has 0 amide bonds. The van der Waals surface area contributed by atoms with E-state index in [1.807, 2.05) is 13.2 Å². The Kier molecular flexibility index (Phi) is 4.33. The number of para-hydroxylation sites is 1. The van der Waals surface area contributed by atoms with Gasteiger partial charge in [-0.3, -0.25) is 4.90 Å². The lowest BCUT2D eigenvalue weighted by Gasteiger charge is -2.64. The number of fused-ring (bicyclic) bond motifs is 4. The van der Waals surface area contributed by atoms with Gasteiger partial charge in [0.25, 0.3) is 0 Å². The lowest BCUT2D eigenvalue weighted by Crippen LogP contribution is -2.75. The highest BCUT2D eigenvalue weighted by Crippen LogP contribution is 2.70. The fourth-order valence-electron chi connectivity index (χ4n) is 7.83. The first-order valence-corrected chi connectivity index (χ1v) is 11.6. The lowest BCUT2D eigenvalue weighted by atomic mass is 9.48. The number of aromatic nitrogens is 1. The van der Waals surface area contributed by atoms with Gasteiger partial charge in [0.05, 0.1) is 11.1 Å². The van der Waals surface area contributed by atoms with Crippen LogP contribution < -0.4 is 4.74 Å². The summed E-state index contributed by atoms with van der Waals surface area (Å²) in [6, 6.07) is 12.8. The van der Waals surface area contributed by atoms with Gasteiger partial charge >= 0.3 is 0 Å². The van der Waals surface area contributed by atoms with E-state index < -0.39 is 5.60 Å². The summed E-state index contributed by atoms with van der Waals surface area (Å²) in [7, 11) is 4.03. The van der Waals surface area contributed by atoms with Gasteiger partial charge in [0, 0.05) is 56.2 Å². The Morgan fingerprint density at radius 3 is 2.88 bits per heavy atom. The number of phenolic OH excluding ortho intramolecular Hbond substituents is 1. The molecule has 3 aromatic rings. The number of piperidine rings is 1. The van der Waals surface area contributed by atoms with E-state index in [1.165, 1.54) is 33.3 Å². The molecule has 3 heterocycles. The number of aromatic hydroxyl groups is 1. The smallest absolute Gasteiger partial charge is 0.166 e. The van der Waals surface area contributed by atoms with Crippen LogP contribution in [0.3, 0.4) is 0 Å². The normalized spacial score (nSPS) is 30.8. The van der Waals surface area contributed by atoms with Gasteiger partial charge in [0.15, 0.2) is 17.6 Å². The highest BCUT2D eigenvalue weighted by Gasteiger charge is 2.73. The molecule has 1 aromatic heterocycles. The van der Waals surface area contributed by atoms with Gasteiger partial charge in [-0.25, -0.2) is 0 Å². The molecule has 5 nitrogen and oxygen atoms in total. The third-order valence-electron chi connectivity index (χ3n) is 8.97. The number of hydrogen-bond acceptors (Lipinski definition) is 4. The van der Waals surface area contributed by atoms with Gasteiger partial charge in [-0.2, -0.15) is 0 Å². The number of benzene rings is 2. The highest BCUT2D eigenvalue weighted by molar-refractivity contribution is 5.87. The number of hydrogen-bond donors (Lipinski definition) is 1. The van der Waals surface area contributed by atoms with Crippen molar-refractivity contribution in [3.8, 4) is 11.5 Å². The van der Waals surface area contributed by atoms with Crippen LogP contribution in [0.2, 0.25) is 0 Å². The number of phenols is 1. The molecular weight excluding hydrogens is 436 g/mol. The van der Waals surface area contributed by atoms with Crippen LogP contribution in [0.4, 0.5) is 0 Å². The molecule has 1 fully saturated rings. The summed E-state index contributed by atoms with van der Waals surface area (Å²) in [5, 5.41) is 12.1. The number of nitrogens with zero attached hydrogens (tertiary/aromatic N) is 2. The number of ether oxygens (including phenoxy) is 2. The zero-order valence-corrected chi connectivity index (χ0v) is 19.8. The average Bonchev–Trinajstić information content (AvgIpc) is 3.29. The Hall–Kier alpha value is -2.47. The molecule has 0 radical (unpaired) electrons. The lowest BCUT2D eigenvalue weighted by molar-refractivity contribution is -0.188. The molecule has 2 aromatic carbocycles. The summed E-state index contributed by atoms with van der Waals surface area (Å²) >= 11 is 0. The van der Waals surface area contributed by atoms with E-state index in [1.54, 1.807) is 6.07 Å². The summed E-state index contributed by atoms with van der Waals surface area (Å²) in [5.74, 6) is 0.910. The molecule has 6 heteroatoms. The minimum absolute atomic E-state index is 0. The van der Waals surface area contributed by atoms with Crippen molar-refractivity contribution >= 4 is 23.3 Å². The summed E-state index contributed by atoms with van der Waals surface area (Å²) in [6.07, 6.45) is 4.49. The molecule has 0 saturated carbocycles. The van der Waals surface area contributed by atoms with Crippen LogP contribution in [-0.4, -0.2) is 46.4 Å². The van der Waals surface area contributed by atoms with Gasteiger partial charge in [0.2, 0.25) is 0 Å². The van der Waals surface area contributed by atoms with Crippen LogP contribution in [0, 0.1) is 0 Å². The van der Waals surface area contributed by atoms with Crippen molar-refractivity contribution in [1.82, 2.24) is 9.47 Å². The van der Waals surface area contributed by atoms with Gasteiger partial charge in [-0.15, -0.1) is 19.0 Å². The molecule has 33 heavy (non-hydrogen) atoms. The number of aryl methyl sites for hydroxylation is 1. The largest absolute Gasteiger partial charge is 0.504 e. The number of methoxy groups -OCH3 is 1. The van der Waals surface area contributed by atoms with Crippen molar-refractivity contribution in [2.45, 2.75) is 42.4 Å². The zero-order chi connectivity index (χ0) is 21.8. The van der Waals surface area contributed by atoms with E-state index >= 15 is 0 Å². The van der Waals surface area contributed by atoms with E-state index in [0.717, 1.165) is 32.4 Å². The van der Waals surface area contributed by atoms with Crippen LogP contribution in [0.5, 0.6) is 11.5 Å². The van der Waals surface area contributed by atoms with Crippen molar-refractivity contribution in [3.05, 3.63) is 71.4 Å². The Morgan fingerprint density at radius 1 is 1.27 bits per heavy atom. The van der Waals surface area contributed by atoms with Crippen LogP contribution in [-0.2, 0) is 30.0 Å². The van der Waals surface area contributed by atoms with Gasteiger partial charge in [-0.1, -0.05) is 30.3 Å². The van der Waals surface area contributed by atoms with Crippen molar-refractivity contribution in [3.63, 3.8) is 0 Å². The molecule has 7 rings (SSSR count). The molecule has 4 aliphatic rings. The van der Waals surface area contributed by atoms with Crippen LogP contribution >= 0.6 is 12.4 Å². The molecule has 1 saturated heterocycles. The van der Waals surface area contributed by atoms with Gasteiger partial charge in [0.1, 0.15) is 5.60 Å². The highest BCUT2D eigenvalue weighted by atomic mass is 35.5. The standard InChI is InChI=1S/C27H28N2O3.ClH/c1-4-12-29-13-11-26-22-16-9-10-20(30)24(22)32-25(26)23-18(15-27(26,31-3)21(29)14-16)17-7-5-6-8-19(17)28(23)2;/h4-10,21,25,30H,1,11-15H2,2-3H3;1H/t21-,25-,26-,27+;/m0./s1. The Bertz CT molecular complexity index is 1320. The topological polar surface area (TPSA) is 46.9 Å². The van der Waals surface area contributed by atoms with Crippen molar-refractivity contribution in [1.29, 1.82) is 0 Å². The zero-order valence-electron chi connectivity index (χ0n) is 19.0. The van der Waals surface area contributed by atoms with Crippen molar-refractivity contribution in [2.24, 2.45) is 7.05 Å². The molecule has 1 spiro atoms. The second-order valence-corrected chi connectivity index (χ2v) is 9.88. The third kappa shape index (κ3) is 2.17. The SMILES string of the molecule is C=CCN1CC[C@]23c4c5ccc(O)c4O[C@H]2c2c(c4ccccc4n2C)C[C@@]3(OC)[C@@H]1C5.Cl. The fourth-order valence-corrected chi connectivity index (χ4v) is 7.83. The summed E-state index contributed by atoms with van der Waals surface area (Å²) in [4.78, 5) is 2.54. The Morgan fingerprint density at radius 2 is 2.09 bits per heavy atom. The molecule has 2 bridgehead atoms. The summed E-state index contributed by atoms with van der Waals surface area (Å²) in [5.41, 5.74) is 5.51. The second-order valence-electron chi connectivity index (χ2n) is 9.88. The van der Waals surface area contributed by atoms with E-state index in [-0.39, 0.29) is 35.7 Å². The molecule has 2 aliphatic heterocycles. The first-order chi connectivity index (χ1) is 15.6. The van der Waals surface area contributed by atoms with Crippen LogP contribution in [0.15, 0.2) is 49.1 Å². The predicted octanol–water partition coefficient (Wildman–Crippen LogP) is 4.43. The maximum atomic E-state index is 10.9. The fraction of sp³-hybridized carbons (Fsp3) is 0.407. The maximum Gasteiger partial charge on any atom is 0.166 e. The minimum atomic E-state index is -0.428. The van der Waals surface area contributed by atoms with Crippen molar-refractivity contribution in [2.75, 3.05) is 20.2 Å².